The summed E-state index contributed by atoms with van der Waals surface area (Å²) >= 11 is 0. The van der Waals surface area contributed by atoms with E-state index < -0.39 is 5.60 Å². The third-order valence-corrected chi connectivity index (χ3v) is 4.13. The lowest BCUT2D eigenvalue weighted by molar-refractivity contribution is 0.0580. The molecule has 1 unspecified atom stereocenters. The number of ether oxygens (including phenoxy) is 1. The van der Waals surface area contributed by atoms with Crippen LogP contribution in [0.5, 0.6) is 0 Å². The van der Waals surface area contributed by atoms with Crippen molar-refractivity contribution in [2.75, 3.05) is 24.5 Å². The van der Waals surface area contributed by atoms with Crippen LogP contribution in [0.25, 0.3) is 0 Å². The van der Waals surface area contributed by atoms with Crippen LogP contribution in [-0.4, -0.2) is 41.2 Å². The second-order valence-electron chi connectivity index (χ2n) is 6.93. The van der Waals surface area contributed by atoms with Gasteiger partial charge in [0.2, 0.25) is 0 Å². The lowest BCUT2D eigenvalue weighted by Crippen LogP contribution is -2.38. The number of likely N-dealkylation sites (tertiary alicyclic amines) is 1. The maximum atomic E-state index is 12.6. The van der Waals surface area contributed by atoms with Gasteiger partial charge in [-0.15, -0.1) is 0 Å². The molecule has 23 heavy (non-hydrogen) atoms. The van der Waals surface area contributed by atoms with Gasteiger partial charge < -0.3 is 4.74 Å². The molecule has 1 aromatic rings. The van der Waals surface area contributed by atoms with Crippen LogP contribution in [0.4, 0.5) is 10.6 Å². The molecule has 1 fully saturated rings. The molecule has 2 rings (SSSR count). The molecular weight excluding hydrogens is 290 g/mol. The lowest BCUT2D eigenvalue weighted by Gasteiger charge is -2.30. The summed E-state index contributed by atoms with van der Waals surface area (Å²) in [5, 5.41) is 0. The van der Waals surface area contributed by atoms with Crippen LogP contribution in [0, 0.1) is 0 Å². The number of hydrogen-bond donors (Lipinski definition) is 0. The van der Waals surface area contributed by atoms with Crippen molar-refractivity contribution in [2.45, 2.75) is 59.1 Å². The van der Waals surface area contributed by atoms with E-state index in [0.29, 0.717) is 12.6 Å². The topological polar surface area (TPSA) is 45.7 Å². The van der Waals surface area contributed by atoms with Gasteiger partial charge in [-0.3, -0.25) is 9.80 Å². The van der Waals surface area contributed by atoms with E-state index in [9.17, 15) is 4.79 Å². The Hall–Kier alpha value is -1.62. The van der Waals surface area contributed by atoms with Gasteiger partial charge in [0.05, 0.1) is 0 Å². The number of aromatic nitrogens is 1. The van der Waals surface area contributed by atoms with Crippen molar-refractivity contribution in [1.82, 2.24) is 9.88 Å². The maximum Gasteiger partial charge on any atom is 0.415 e. The minimum Gasteiger partial charge on any atom is -0.443 e. The Morgan fingerprint density at radius 3 is 2.78 bits per heavy atom. The summed E-state index contributed by atoms with van der Waals surface area (Å²) in [7, 11) is 0. The van der Waals surface area contributed by atoms with Gasteiger partial charge in [0.1, 0.15) is 11.4 Å². The van der Waals surface area contributed by atoms with Crippen LogP contribution in [0.2, 0.25) is 0 Å². The minimum absolute atomic E-state index is 0.332. The zero-order valence-corrected chi connectivity index (χ0v) is 15.0. The highest BCUT2D eigenvalue weighted by Gasteiger charge is 2.31. The minimum atomic E-state index is -0.512. The van der Waals surface area contributed by atoms with Gasteiger partial charge >= 0.3 is 6.09 Å². The van der Waals surface area contributed by atoms with Crippen LogP contribution in [0.3, 0.4) is 0 Å². The molecule has 0 radical (unpaired) electrons. The van der Waals surface area contributed by atoms with E-state index in [0.717, 1.165) is 30.9 Å². The van der Waals surface area contributed by atoms with Gasteiger partial charge in [-0.1, -0.05) is 13.0 Å². The number of anilines is 1. The SMILES string of the molecule is CCN(C(=O)OC(C)(C)C)c1ncccc1C1CCCN1CC. The van der Waals surface area contributed by atoms with Gasteiger partial charge in [0, 0.05) is 24.3 Å². The van der Waals surface area contributed by atoms with Gasteiger partial charge in [-0.05, 0) is 59.7 Å². The van der Waals surface area contributed by atoms with E-state index in [1.807, 2.05) is 33.8 Å². The van der Waals surface area contributed by atoms with Crippen molar-refractivity contribution in [3.8, 4) is 0 Å². The highest BCUT2D eigenvalue weighted by molar-refractivity contribution is 5.87. The summed E-state index contributed by atoms with van der Waals surface area (Å²) in [6.07, 6.45) is 3.71. The average Bonchev–Trinajstić information content (AvgIpc) is 2.95. The fraction of sp³-hybridized carbons (Fsp3) is 0.667. The van der Waals surface area contributed by atoms with Crippen molar-refractivity contribution in [3.05, 3.63) is 23.9 Å². The Kier molecular flexibility index (Phi) is 5.63. The molecule has 2 heterocycles. The van der Waals surface area contributed by atoms with Crippen molar-refractivity contribution in [3.63, 3.8) is 0 Å². The summed E-state index contributed by atoms with van der Waals surface area (Å²) in [5.41, 5.74) is 0.613. The molecule has 1 aromatic heterocycles. The number of carbonyl (C=O) groups excluding carboxylic acids is 1. The van der Waals surface area contributed by atoms with E-state index in [1.54, 1.807) is 11.1 Å². The number of amides is 1. The molecule has 0 spiro atoms. The van der Waals surface area contributed by atoms with Crippen LogP contribution in [0.1, 0.15) is 59.1 Å². The Balaban J connectivity index is 2.32. The van der Waals surface area contributed by atoms with Gasteiger partial charge in [0.15, 0.2) is 0 Å². The molecule has 128 valence electrons. The lowest BCUT2D eigenvalue weighted by atomic mass is 10.0. The molecular formula is C18H29N3O2. The van der Waals surface area contributed by atoms with E-state index in [-0.39, 0.29) is 6.09 Å². The van der Waals surface area contributed by atoms with E-state index in [2.05, 4.69) is 22.9 Å². The molecule has 1 saturated heterocycles. The van der Waals surface area contributed by atoms with Crippen molar-refractivity contribution in [1.29, 1.82) is 0 Å². The molecule has 5 heteroatoms. The third kappa shape index (κ3) is 4.22. The smallest absolute Gasteiger partial charge is 0.415 e. The molecule has 1 aliphatic heterocycles. The van der Waals surface area contributed by atoms with Crippen LogP contribution in [-0.2, 0) is 4.74 Å². The molecule has 0 saturated carbocycles. The largest absolute Gasteiger partial charge is 0.443 e. The van der Waals surface area contributed by atoms with Crippen molar-refractivity contribution in [2.24, 2.45) is 0 Å². The Labute approximate surface area is 139 Å². The molecule has 1 aliphatic rings. The maximum absolute atomic E-state index is 12.6. The first-order valence-electron chi connectivity index (χ1n) is 8.56. The van der Waals surface area contributed by atoms with E-state index in [4.69, 9.17) is 4.74 Å². The molecule has 0 aromatic carbocycles. The first kappa shape index (κ1) is 17.7. The van der Waals surface area contributed by atoms with Crippen LogP contribution >= 0.6 is 0 Å². The highest BCUT2D eigenvalue weighted by Crippen LogP contribution is 2.36. The number of carbonyl (C=O) groups is 1. The fourth-order valence-electron chi connectivity index (χ4n) is 3.13. The Morgan fingerprint density at radius 1 is 1.43 bits per heavy atom. The predicted molar refractivity (Wildman–Crippen MR) is 92.7 cm³/mol. The normalized spacial score (nSPS) is 18.9. The van der Waals surface area contributed by atoms with Gasteiger partial charge in [0.25, 0.3) is 0 Å². The first-order valence-corrected chi connectivity index (χ1v) is 8.56. The van der Waals surface area contributed by atoms with Crippen molar-refractivity contribution < 1.29 is 9.53 Å². The van der Waals surface area contributed by atoms with Crippen LogP contribution < -0.4 is 4.90 Å². The molecule has 5 nitrogen and oxygen atoms in total. The van der Waals surface area contributed by atoms with E-state index >= 15 is 0 Å². The monoisotopic (exact) mass is 319 g/mol. The van der Waals surface area contributed by atoms with Crippen molar-refractivity contribution >= 4 is 11.9 Å². The number of rotatable bonds is 4. The molecule has 0 aliphatic carbocycles. The van der Waals surface area contributed by atoms with E-state index in [1.165, 1.54) is 6.42 Å². The second kappa shape index (κ2) is 7.30. The summed E-state index contributed by atoms with van der Waals surface area (Å²) < 4.78 is 5.55. The number of hydrogen-bond acceptors (Lipinski definition) is 4. The van der Waals surface area contributed by atoms with Crippen LogP contribution in [0.15, 0.2) is 18.3 Å². The zero-order valence-electron chi connectivity index (χ0n) is 15.0. The van der Waals surface area contributed by atoms with Gasteiger partial charge in [-0.25, -0.2) is 9.78 Å². The predicted octanol–water partition coefficient (Wildman–Crippen LogP) is 4.00. The Morgan fingerprint density at radius 2 is 2.17 bits per heavy atom. The zero-order chi connectivity index (χ0) is 17.0. The van der Waals surface area contributed by atoms with Gasteiger partial charge in [-0.2, -0.15) is 0 Å². The quantitative estimate of drug-likeness (QED) is 0.841. The number of pyridine rings is 1. The Bertz CT molecular complexity index is 539. The molecule has 0 bridgehead atoms. The summed E-state index contributed by atoms with van der Waals surface area (Å²) in [5.74, 6) is 0.731. The number of nitrogens with zero attached hydrogens (tertiary/aromatic N) is 3. The fourth-order valence-corrected chi connectivity index (χ4v) is 3.13. The second-order valence-corrected chi connectivity index (χ2v) is 6.93. The summed E-state index contributed by atoms with van der Waals surface area (Å²) in [6.45, 7) is 12.4. The standard InChI is InChI=1S/C18H29N3O2/c1-6-20-13-9-11-15(20)14-10-8-12-19-16(14)21(7-2)17(22)23-18(3,4)5/h8,10,12,15H,6-7,9,11,13H2,1-5H3. The molecule has 1 atom stereocenters. The summed E-state index contributed by atoms with van der Waals surface area (Å²) in [6, 6.07) is 4.38. The third-order valence-electron chi connectivity index (χ3n) is 4.13. The average molecular weight is 319 g/mol. The molecule has 1 amide bonds. The first-order chi connectivity index (χ1) is 10.9. The molecule has 0 N–H and O–H groups in total. The summed E-state index contributed by atoms with van der Waals surface area (Å²) in [4.78, 5) is 21.2. The highest BCUT2D eigenvalue weighted by atomic mass is 16.6.